The van der Waals surface area contributed by atoms with Crippen LogP contribution in [0.15, 0.2) is 54.6 Å². The fourth-order valence-corrected chi connectivity index (χ4v) is 4.44. The van der Waals surface area contributed by atoms with Gasteiger partial charge in [0.2, 0.25) is 0 Å². The van der Waals surface area contributed by atoms with Gasteiger partial charge in [-0.2, -0.15) is 0 Å². The minimum atomic E-state index is -1.16. The lowest BCUT2D eigenvalue weighted by atomic mass is 9.74. The van der Waals surface area contributed by atoms with E-state index in [-0.39, 0.29) is 11.1 Å². The molecule has 2 aromatic carbocycles. The molecule has 1 saturated heterocycles. The van der Waals surface area contributed by atoms with Crippen LogP contribution in [-0.2, 0) is 16.6 Å². The van der Waals surface area contributed by atoms with Gasteiger partial charge >= 0.3 is 12.1 Å². The highest BCUT2D eigenvalue weighted by atomic mass is 16.6. The molecule has 162 valence electrons. The molecule has 1 atom stereocenters. The van der Waals surface area contributed by atoms with Gasteiger partial charge in [0.15, 0.2) is 0 Å². The second-order valence-corrected chi connectivity index (χ2v) is 9.29. The van der Waals surface area contributed by atoms with Crippen LogP contribution in [0.25, 0.3) is 10.9 Å². The lowest BCUT2D eigenvalue weighted by Gasteiger charge is -2.29. The number of ether oxygens (including phenoxy) is 1. The predicted molar refractivity (Wildman–Crippen MR) is 120 cm³/mol. The van der Waals surface area contributed by atoms with Crippen molar-refractivity contribution in [3.05, 3.63) is 71.4 Å². The van der Waals surface area contributed by atoms with Crippen molar-refractivity contribution in [2.75, 3.05) is 13.1 Å². The van der Waals surface area contributed by atoms with Crippen LogP contribution in [0.4, 0.5) is 4.79 Å². The number of nitrogens with one attached hydrogen (secondary N) is 1. The fraction of sp³-hybridized carbons (Fsp3) is 0.360. The number of fused-ring (bicyclic) bond motifs is 1. The summed E-state index contributed by atoms with van der Waals surface area (Å²) in [4.78, 5) is 24.6. The monoisotopic (exact) mass is 420 g/mol. The summed E-state index contributed by atoms with van der Waals surface area (Å²) < 4.78 is 6.62. The van der Waals surface area contributed by atoms with Gasteiger partial charge in [0, 0.05) is 17.3 Å². The van der Waals surface area contributed by atoms with Crippen LogP contribution in [0, 0.1) is 0 Å². The van der Waals surface area contributed by atoms with Gasteiger partial charge in [0.05, 0.1) is 5.52 Å². The third kappa shape index (κ3) is 4.21. The van der Waals surface area contributed by atoms with Crippen LogP contribution < -0.4 is 5.32 Å². The Morgan fingerprint density at radius 3 is 2.48 bits per heavy atom. The van der Waals surface area contributed by atoms with Crippen molar-refractivity contribution >= 4 is 23.0 Å². The van der Waals surface area contributed by atoms with E-state index >= 15 is 0 Å². The Kier molecular flexibility index (Phi) is 5.35. The molecule has 1 aromatic heterocycles. The quantitative estimate of drug-likeness (QED) is 0.645. The number of rotatable bonds is 4. The lowest BCUT2D eigenvalue weighted by Crippen LogP contribution is -2.31. The average molecular weight is 421 g/mol. The van der Waals surface area contributed by atoms with Crippen LogP contribution in [0.2, 0.25) is 0 Å². The van der Waals surface area contributed by atoms with E-state index in [1.165, 1.54) is 5.56 Å². The van der Waals surface area contributed by atoms with Crippen molar-refractivity contribution < 1.29 is 19.4 Å². The van der Waals surface area contributed by atoms with E-state index < -0.39 is 17.7 Å². The van der Waals surface area contributed by atoms with Gasteiger partial charge in [-0.1, -0.05) is 36.4 Å². The first-order valence-corrected chi connectivity index (χ1v) is 10.6. The van der Waals surface area contributed by atoms with Gasteiger partial charge < -0.3 is 15.2 Å². The van der Waals surface area contributed by atoms with Crippen LogP contribution in [0.1, 0.15) is 48.8 Å². The van der Waals surface area contributed by atoms with Crippen molar-refractivity contribution in [3.8, 4) is 0 Å². The number of carboxylic acid groups (broad SMARTS) is 1. The molecular weight excluding hydrogens is 392 g/mol. The van der Waals surface area contributed by atoms with E-state index in [4.69, 9.17) is 4.74 Å². The highest BCUT2D eigenvalue weighted by Gasteiger charge is 2.36. The Morgan fingerprint density at radius 2 is 1.87 bits per heavy atom. The molecule has 1 unspecified atom stereocenters. The van der Waals surface area contributed by atoms with Crippen molar-refractivity contribution in [1.82, 2.24) is 9.88 Å². The topological polar surface area (TPSA) is 80.6 Å². The van der Waals surface area contributed by atoms with Crippen molar-refractivity contribution in [1.29, 1.82) is 0 Å². The molecule has 4 rings (SSSR count). The molecule has 1 fully saturated rings. The van der Waals surface area contributed by atoms with Crippen LogP contribution in [-0.4, -0.2) is 40.4 Å². The molecule has 0 saturated carbocycles. The molecule has 2 N–H and O–H groups in total. The Morgan fingerprint density at radius 1 is 1.13 bits per heavy atom. The van der Waals surface area contributed by atoms with Gasteiger partial charge in [0.1, 0.15) is 11.3 Å². The van der Waals surface area contributed by atoms with E-state index in [2.05, 4.69) is 29.6 Å². The van der Waals surface area contributed by atoms with Crippen LogP contribution in [0.3, 0.4) is 0 Å². The summed E-state index contributed by atoms with van der Waals surface area (Å²) in [5, 5.41) is 13.9. The standard InChI is InChI=1S/C25H28N2O4/c1-24(2,3)31-23(30)27-20-10-9-19(13-18(20)14-21(27)22(28)29)25(11-12-26-16-25)15-17-7-5-4-6-8-17/h4-10,13-14,26H,11-12,15-16H2,1-3H3,(H,28,29). The largest absolute Gasteiger partial charge is 0.477 e. The number of carbonyl (C=O) groups excluding carboxylic acids is 1. The Balaban J connectivity index is 1.79. The van der Waals surface area contributed by atoms with Gasteiger partial charge in [-0.15, -0.1) is 0 Å². The molecular formula is C25H28N2O4. The van der Waals surface area contributed by atoms with Crippen molar-refractivity contribution in [3.63, 3.8) is 0 Å². The summed E-state index contributed by atoms with van der Waals surface area (Å²) in [5.74, 6) is -1.16. The summed E-state index contributed by atoms with van der Waals surface area (Å²) in [6, 6.07) is 17.8. The van der Waals surface area contributed by atoms with E-state index in [1.807, 2.05) is 24.3 Å². The summed E-state index contributed by atoms with van der Waals surface area (Å²) >= 11 is 0. The zero-order valence-electron chi connectivity index (χ0n) is 18.1. The Bertz CT molecular complexity index is 1120. The SMILES string of the molecule is CC(C)(C)OC(=O)n1c(C(=O)O)cc2cc(C3(Cc4ccccc4)CCNC3)ccc21. The normalized spacial score (nSPS) is 18.9. The van der Waals surface area contributed by atoms with Gasteiger partial charge in [0.25, 0.3) is 0 Å². The zero-order chi connectivity index (χ0) is 22.2. The number of hydrogen-bond acceptors (Lipinski definition) is 4. The summed E-state index contributed by atoms with van der Waals surface area (Å²) in [6.45, 7) is 7.07. The molecule has 0 spiro atoms. The van der Waals surface area contributed by atoms with E-state index in [1.54, 1.807) is 26.8 Å². The number of carboxylic acids is 1. The lowest BCUT2D eigenvalue weighted by molar-refractivity contribution is 0.0513. The number of hydrogen-bond donors (Lipinski definition) is 2. The predicted octanol–water partition coefficient (Wildman–Crippen LogP) is 4.60. The van der Waals surface area contributed by atoms with Crippen LogP contribution >= 0.6 is 0 Å². The first-order valence-electron chi connectivity index (χ1n) is 10.6. The average Bonchev–Trinajstić information content (AvgIpc) is 3.32. The molecule has 0 aliphatic carbocycles. The highest BCUT2D eigenvalue weighted by Crippen LogP contribution is 2.36. The third-order valence-electron chi connectivity index (χ3n) is 5.84. The Hall–Kier alpha value is -3.12. The Labute approximate surface area is 181 Å². The molecule has 6 nitrogen and oxygen atoms in total. The zero-order valence-corrected chi connectivity index (χ0v) is 18.1. The summed E-state index contributed by atoms with van der Waals surface area (Å²) in [7, 11) is 0. The van der Waals surface area contributed by atoms with Gasteiger partial charge in [-0.25, -0.2) is 14.2 Å². The maximum Gasteiger partial charge on any atom is 0.419 e. The number of nitrogens with zero attached hydrogens (tertiary/aromatic N) is 1. The molecule has 1 aliphatic rings. The number of aromatic carboxylic acids is 1. The first-order chi connectivity index (χ1) is 14.7. The molecule has 2 heterocycles. The molecule has 3 aromatic rings. The second kappa shape index (κ2) is 7.85. The maximum absolute atomic E-state index is 12.8. The van der Waals surface area contributed by atoms with E-state index in [0.717, 1.165) is 41.4 Å². The van der Waals surface area contributed by atoms with E-state index in [9.17, 15) is 14.7 Å². The minimum absolute atomic E-state index is 0.0764. The van der Waals surface area contributed by atoms with Gasteiger partial charge in [-0.3, -0.25) is 0 Å². The van der Waals surface area contributed by atoms with E-state index in [0.29, 0.717) is 5.52 Å². The smallest absolute Gasteiger partial charge is 0.419 e. The fourth-order valence-electron chi connectivity index (χ4n) is 4.44. The molecule has 1 aliphatic heterocycles. The van der Waals surface area contributed by atoms with Crippen LogP contribution in [0.5, 0.6) is 0 Å². The number of aromatic nitrogens is 1. The first kappa shape index (κ1) is 21.1. The number of benzene rings is 2. The summed E-state index contributed by atoms with van der Waals surface area (Å²) in [5.41, 5.74) is 2.06. The molecule has 0 amide bonds. The summed E-state index contributed by atoms with van der Waals surface area (Å²) in [6.07, 6.45) is 1.20. The van der Waals surface area contributed by atoms with Crippen molar-refractivity contribution in [2.45, 2.75) is 44.6 Å². The second-order valence-electron chi connectivity index (χ2n) is 9.29. The van der Waals surface area contributed by atoms with Crippen molar-refractivity contribution in [2.24, 2.45) is 0 Å². The molecule has 6 heteroatoms. The molecule has 0 bridgehead atoms. The number of carbonyl (C=O) groups is 2. The minimum Gasteiger partial charge on any atom is -0.477 e. The molecule has 31 heavy (non-hydrogen) atoms. The maximum atomic E-state index is 12.8. The van der Waals surface area contributed by atoms with Gasteiger partial charge in [-0.05, 0) is 69.5 Å². The third-order valence-corrected chi connectivity index (χ3v) is 5.84. The highest BCUT2D eigenvalue weighted by molar-refractivity contribution is 6.01. The molecule has 0 radical (unpaired) electrons.